The summed E-state index contributed by atoms with van der Waals surface area (Å²) in [7, 11) is -4.19. The molecule has 0 spiro atoms. The number of nitrogens with one attached hydrogen (secondary N) is 2. The third kappa shape index (κ3) is 3.88. The lowest BCUT2D eigenvalue weighted by atomic mass is 10.1. The lowest BCUT2D eigenvalue weighted by Crippen LogP contribution is -2.42. The first-order chi connectivity index (χ1) is 13.2. The Morgan fingerprint density at radius 3 is 2.50 bits per heavy atom. The lowest BCUT2D eigenvalue weighted by molar-refractivity contribution is 0.0939. The number of fused-ring (bicyclic) bond motifs is 1. The average molecular weight is 441 g/mol. The number of amides is 1. The van der Waals surface area contributed by atoms with E-state index in [2.05, 4.69) is 10.5 Å². The van der Waals surface area contributed by atoms with Crippen molar-refractivity contribution >= 4 is 49.9 Å². The minimum Gasteiger partial charge on any atom is -0.272 e. The maximum absolute atomic E-state index is 12.6. The van der Waals surface area contributed by atoms with Gasteiger partial charge >= 0.3 is 0 Å². The highest BCUT2D eigenvalue weighted by molar-refractivity contribution is 7.89. The molecule has 0 saturated heterocycles. The minimum absolute atomic E-state index is 0.0609. The summed E-state index contributed by atoms with van der Waals surface area (Å²) < 4.78 is 26.0. The minimum atomic E-state index is -4.19. The summed E-state index contributed by atoms with van der Waals surface area (Å²) in [6.07, 6.45) is 0. The molecular weight excluding hydrogens is 427 g/mol. The zero-order valence-electron chi connectivity index (χ0n) is 14.4. The number of benzene rings is 2. The highest BCUT2D eigenvalue weighted by Gasteiger charge is 2.22. The van der Waals surface area contributed by atoms with Gasteiger partial charge in [0.15, 0.2) is 5.69 Å². The Labute approximate surface area is 170 Å². The van der Waals surface area contributed by atoms with Crippen molar-refractivity contribution in [2.45, 2.75) is 18.4 Å². The van der Waals surface area contributed by atoms with Gasteiger partial charge in [0.25, 0.3) is 21.5 Å². The molecule has 1 aromatic heterocycles. The molecule has 0 aliphatic carbocycles. The van der Waals surface area contributed by atoms with Gasteiger partial charge in [-0.3, -0.25) is 15.0 Å². The second kappa shape index (κ2) is 7.88. The Bertz CT molecular complexity index is 1240. The van der Waals surface area contributed by atoms with E-state index in [4.69, 9.17) is 23.2 Å². The molecule has 0 unspecified atom stereocenters. The normalized spacial score (nSPS) is 11.5. The fourth-order valence-electron chi connectivity index (χ4n) is 2.53. The van der Waals surface area contributed by atoms with Crippen molar-refractivity contribution < 1.29 is 13.2 Å². The molecule has 3 rings (SSSR count). The fourth-order valence-corrected chi connectivity index (χ4v) is 4.13. The Balaban J connectivity index is 1.95. The number of hydrogen-bond donors (Lipinski definition) is 2. The standard InChI is InChI=1S/C17H14Cl2N4O4S/c1-2-23-17(25)12-6-4-3-5-11(12)15(21-23)16(24)20-22-28(26,27)14-9-10(18)7-8-13(14)19/h3-9,22H,2H2,1H3,(H,20,24). The predicted molar refractivity (Wildman–Crippen MR) is 106 cm³/mol. The van der Waals surface area contributed by atoms with Gasteiger partial charge in [-0.2, -0.15) is 5.10 Å². The van der Waals surface area contributed by atoms with Crippen LogP contribution in [0.5, 0.6) is 0 Å². The van der Waals surface area contributed by atoms with E-state index >= 15 is 0 Å². The Morgan fingerprint density at radius 2 is 1.82 bits per heavy atom. The van der Waals surface area contributed by atoms with Gasteiger partial charge < -0.3 is 0 Å². The van der Waals surface area contributed by atoms with E-state index in [9.17, 15) is 18.0 Å². The van der Waals surface area contributed by atoms with Gasteiger partial charge in [-0.1, -0.05) is 41.4 Å². The van der Waals surface area contributed by atoms with Crippen LogP contribution >= 0.6 is 23.2 Å². The Kier molecular flexibility index (Phi) is 5.71. The van der Waals surface area contributed by atoms with Gasteiger partial charge in [0.05, 0.1) is 10.4 Å². The lowest BCUT2D eigenvalue weighted by Gasteiger charge is -2.12. The highest BCUT2D eigenvalue weighted by atomic mass is 35.5. The van der Waals surface area contributed by atoms with E-state index in [-0.39, 0.29) is 32.7 Å². The fraction of sp³-hybridized carbons (Fsp3) is 0.118. The van der Waals surface area contributed by atoms with Crippen molar-refractivity contribution in [1.82, 2.24) is 20.0 Å². The summed E-state index contributed by atoms with van der Waals surface area (Å²) in [5.41, 5.74) is 1.64. The topological polar surface area (TPSA) is 110 Å². The number of aryl methyl sites for hydroxylation is 1. The first-order valence-electron chi connectivity index (χ1n) is 8.01. The summed E-state index contributed by atoms with van der Waals surface area (Å²) in [6.45, 7) is 1.95. The van der Waals surface area contributed by atoms with Crippen LogP contribution in [0.1, 0.15) is 17.4 Å². The van der Waals surface area contributed by atoms with E-state index in [0.717, 1.165) is 10.7 Å². The number of hydrazine groups is 1. The molecule has 1 heterocycles. The molecule has 0 fully saturated rings. The third-order valence-corrected chi connectivity index (χ3v) is 5.83. The number of aromatic nitrogens is 2. The van der Waals surface area contributed by atoms with Crippen LogP contribution in [0.2, 0.25) is 10.0 Å². The van der Waals surface area contributed by atoms with Crippen LogP contribution in [0.25, 0.3) is 10.8 Å². The van der Waals surface area contributed by atoms with E-state index in [1.807, 2.05) is 4.83 Å². The number of carbonyl (C=O) groups excluding carboxylic acids is 1. The average Bonchev–Trinajstić information content (AvgIpc) is 2.68. The van der Waals surface area contributed by atoms with Crippen LogP contribution in [0.4, 0.5) is 0 Å². The quantitative estimate of drug-likeness (QED) is 0.591. The zero-order valence-corrected chi connectivity index (χ0v) is 16.8. The number of nitrogens with zero attached hydrogens (tertiary/aromatic N) is 2. The summed E-state index contributed by atoms with van der Waals surface area (Å²) in [5, 5.41) is 4.74. The number of hydrogen-bond acceptors (Lipinski definition) is 5. The largest absolute Gasteiger partial charge is 0.287 e. The molecule has 0 radical (unpaired) electrons. The van der Waals surface area contributed by atoms with E-state index < -0.39 is 15.9 Å². The van der Waals surface area contributed by atoms with Gasteiger partial charge in [-0.15, -0.1) is 4.83 Å². The second-order valence-electron chi connectivity index (χ2n) is 5.65. The van der Waals surface area contributed by atoms with Crippen LogP contribution in [-0.2, 0) is 16.6 Å². The SMILES string of the molecule is CCn1nc(C(=O)NNS(=O)(=O)c2cc(Cl)ccc2Cl)c2ccccc2c1=O. The summed E-state index contributed by atoms with van der Waals surface area (Å²) in [4.78, 5) is 26.6. The van der Waals surface area contributed by atoms with Crippen LogP contribution in [0.15, 0.2) is 52.2 Å². The van der Waals surface area contributed by atoms with E-state index in [0.29, 0.717) is 10.8 Å². The van der Waals surface area contributed by atoms with Crippen molar-refractivity contribution in [3.63, 3.8) is 0 Å². The van der Waals surface area contributed by atoms with Crippen molar-refractivity contribution in [3.05, 3.63) is 68.6 Å². The molecule has 8 nitrogen and oxygen atoms in total. The molecule has 2 N–H and O–H groups in total. The molecule has 1 amide bonds. The van der Waals surface area contributed by atoms with Crippen molar-refractivity contribution in [3.8, 4) is 0 Å². The molecular formula is C17H14Cl2N4O4S. The zero-order chi connectivity index (χ0) is 20.5. The number of sulfonamides is 1. The molecule has 0 saturated carbocycles. The molecule has 2 aromatic carbocycles. The Hall–Kier alpha value is -2.46. The molecule has 0 aliphatic heterocycles. The maximum Gasteiger partial charge on any atom is 0.287 e. The molecule has 0 aliphatic rings. The first kappa shape index (κ1) is 20.3. The molecule has 146 valence electrons. The van der Waals surface area contributed by atoms with Gasteiger partial charge in [0.2, 0.25) is 0 Å². The number of rotatable bonds is 5. The van der Waals surface area contributed by atoms with Crippen LogP contribution in [0, 0.1) is 0 Å². The van der Waals surface area contributed by atoms with E-state index in [1.54, 1.807) is 31.2 Å². The van der Waals surface area contributed by atoms with Crippen molar-refractivity contribution in [1.29, 1.82) is 0 Å². The van der Waals surface area contributed by atoms with Crippen molar-refractivity contribution in [2.75, 3.05) is 0 Å². The van der Waals surface area contributed by atoms with Gasteiger partial charge in [0, 0.05) is 17.0 Å². The summed E-state index contributed by atoms with van der Waals surface area (Å²) in [5.74, 6) is -0.833. The molecule has 3 aromatic rings. The number of halogens is 2. The summed E-state index contributed by atoms with van der Waals surface area (Å²) >= 11 is 11.7. The van der Waals surface area contributed by atoms with Crippen molar-refractivity contribution in [2.24, 2.45) is 0 Å². The number of carbonyl (C=O) groups is 1. The second-order valence-corrected chi connectivity index (χ2v) is 8.14. The Morgan fingerprint density at radius 1 is 1.14 bits per heavy atom. The van der Waals surface area contributed by atoms with E-state index in [1.165, 1.54) is 12.1 Å². The van der Waals surface area contributed by atoms with Gasteiger partial charge in [-0.05, 0) is 31.2 Å². The monoisotopic (exact) mass is 440 g/mol. The first-order valence-corrected chi connectivity index (χ1v) is 10.3. The predicted octanol–water partition coefficient (Wildman–Crippen LogP) is 2.35. The maximum atomic E-state index is 12.6. The molecule has 28 heavy (non-hydrogen) atoms. The van der Waals surface area contributed by atoms with Crippen LogP contribution < -0.4 is 15.8 Å². The molecule has 0 atom stereocenters. The molecule has 0 bridgehead atoms. The third-order valence-electron chi connectivity index (χ3n) is 3.86. The smallest absolute Gasteiger partial charge is 0.272 e. The van der Waals surface area contributed by atoms with Crippen LogP contribution in [-0.4, -0.2) is 24.1 Å². The van der Waals surface area contributed by atoms with Crippen LogP contribution in [0.3, 0.4) is 0 Å². The van der Waals surface area contributed by atoms with Gasteiger partial charge in [-0.25, -0.2) is 13.1 Å². The highest BCUT2D eigenvalue weighted by Crippen LogP contribution is 2.24. The molecule has 11 heteroatoms. The van der Waals surface area contributed by atoms with Gasteiger partial charge in [0.1, 0.15) is 4.90 Å². The summed E-state index contributed by atoms with van der Waals surface area (Å²) in [6, 6.07) is 10.3.